The van der Waals surface area contributed by atoms with Gasteiger partial charge in [-0.1, -0.05) is 18.5 Å². The normalized spacial score (nSPS) is 15.2. The second-order valence-corrected chi connectivity index (χ2v) is 7.53. The Morgan fingerprint density at radius 3 is 2.71 bits per heavy atom. The molecule has 0 atom stereocenters. The predicted octanol–water partition coefficient (Wildman–Crippen LogP) is 3.23. The Bertz CT molecular complexity index is 648. The molecule has 1 aromatic rings. The molecule has 7 nitrogen and oxygen atoms in total. The highest BCUT2D eigenvalue weighted by Crippen LogP contribution is 2.28. The number of nitrogens with two attached hydrogens (primary N) is 1. The van der Waals surface area contributed by atoms with Crippen LogP contribution in [0.15, 0.2) is 18.2 Å². The molecule has 1 aliphatic rings. The van der Waals surface area contributed by atoms with Gasteiger partial charge in [0, 0.05) is 17.5 Å². The Labute approximate surface area is 171 Å². The number of carbonyl (C=O) groups excluding carboxylic acids is 2. The zero-order valence-electron chi connectivity index (χ0n) is 16.5. The SMILES string of the molecule is CCCOc1ccc(Cl)cc1NC(=O)NCCCCN1CCC(C(N)=O)CC1. The number of urea groups is 1. The number of likely N-dealkylation sites (tertiary alicyclic amines) is 1. The number of ether oxygens (including phenoxy) is 1. The number of benzene rings is 1. The van der Waals surface area contributed by atoms with Crippen molar-refractivity contribution < 1.29 is 14.3 Å². The largest absolute Gasteiger partial charge is 0.491 e. The van der Waals surface area contributed by atoms with E-state index in [0.29, 0.717) is 29.6 Å². The van der Waals surface area contributed by atoms with Crippen LogP contribution < -0.4 is 21.1 Å². The van der Waals surface area contributed by atoms with Gasteiger partial charge in [-0.15, -0.1) is 0 Å². The van der Waals surface area contributed by atoms with Crippen LogP contribution in [0, 0.1) is 5.92 Å². The average Bonchev–Trinajstić information content (AvgIpc) is 2.67. The minimum absolute atomic E-state index is 0.0271. The average molecular weight is 411 g/mol. The smallest absolute Gasteiger partial charge is 0.319 e. The van der Waals surface area contributed by atoms with E-state index in [2.05, 4.69) is 15.5 Å². The van der Waals surface area contributed by atoms with E-state index in [1.165, 1.54) is 0 Å². The Hall–Kier alpha value is -1.99. The van der Waals surface area contributed by atoms with Crippen molar-refractivity contribution in [2.24, 2.45) is 11.7 Å². The third kappa shape index (κ3) is 7.56. The number of piperidine rings is 1. The zero-order valence-corrected chi connectivity index (χ0v) is 17.3. The topological polar surface area (TPSA) is 96.7 Å². The van der Waals surface area contributed by atoms with Gasteiger partial charge in [0.1, 0.15) is 5.75 Å². The molecule has 3 amide bonds. The van der Waals surface area contributed by atoms with Gasteiger partial charge < -0.3 is 26.0 Å². The van der Waals surface area contributed by atoms with Crippen molar-refractivity contribution in [3.05, 3.63) is 23.2 Å². The number of rotatable bonds is 10. The van der Waals surface area contributed by atoms with Gasteiger partial charge in [0.15, 0.2) is 0 Å². The van der Waals surface area contributed by atoms with E-state index in [4.69, 9.17) is 22.1 Å². The monoisotopic (exact) mass is 410 g/mol. The van der Waals surface area contributed by atoms with Crippen LogP contribution in [0.5, 0.6) is 5.75 Å². The quantitative estimate of drug-likeness (QED) is 0.516. The fourth-order valence-electron chi connectivity index (χ4n) is 3.21. The number of unbranched alkanes of at least 4 members (excludes halogenated alkanes) is 1. The Kier molecular flexibility index (Phi) is 9.37. The fraction of sp³-hybridized carbons (Fsp3) is 0.600. The maximum atomic E-state index is 12.1. The molecule has 0 aromatic heterocycles. The molecule has 0 unspecified atom stereocenters. The van der Waals surface area contributed by atoms with E-state index < -0.39 is 0 Å². The highest BCUT2D eigenvalue weighted by molar-refractivity contribution is 6.31. The molecule has 0 aliphatic carbocycles. The number of hydrogen-bond acceptors (Lipinski definition) is 4. The molecule has 1 aromatic carbocycles. The number of amides is 3. The predicted molar refractivity (Wildman–Crippen MR) is 112 cm³/mol. The van der Waals surface area contributed by atoms with Gasteiger partial charge in [0.2, 0.25) is 5.91 Å². The third-order valence-corrected chi connectivity index (χ3v) is 5.06. The van der Waals surface area contributed by atoms with Crippen molar-refractivity contribution in [2.75, 3.05) is 38.1 Å². The van der Waals surface area contributed by atoms with E-state index in [1.54, 1.807) is 18.2 Å². The van der Waals surface area contributed by atoms with Gasteiger partial charge in [-0.05, 0) is 69.9 Å². The molecule has 1 saturated heterocycles. The van der Waals surface area contributed by atoms with Gasteiger partial charge in [0.05, 0.1) is 12.3 Å². The number of nitrogens with zero attached hydrogens (tertiary/aromatic N) is 1. The van der Waals surface area contributed by atoms with Gasteiger partial charge >= 0.3 is 6.03 Å². The number of hydrogen-bond donors (Lipinski definition) is 3. The first-order valence-corrected chi connectivity index (χ1v) is 10.4. The molecule has 0 spiro atoms. The van der Waals surface area contributed by atoms with E-state index in [9.17, 15) is 9.59 Å². The summed E-state index contributed by atoms with van der Waals surface area (Å²) in [6.07, 6.45) is 4.45. The first-order valence-electron chi connectivity index (χ1n) is 9.98. The summed E-state index contributed by atoms with van der Waals surface area (Å²) < 4.78 is 5.64. The third-order valence-electron chi connectivity index (χ3n) is 4.83. The number of anilines is 1. The standard InChI is InChI=1S/C20H31ClN4O3/c1-2-13-28-18-6-5-16(21)14-17(18)24-20(27)23-9-3-4-10-25-11-7-15(8-12-25)19(22)26/h5-6,14-15H,2-4,7-13H2,1H3,(H2,22,26)(H2,23,24,27). The minimum Gasteiger partial charge on any atom is -0.491 e. The second kappa shape index (κ2) is 11.8. The molecular weight excluding hydrogens is 380 g/mol. The summed E-state index contributed by atoms with van der Waals surface area (Å²) in [6, 6.07) is 4.91. The Morgan fingerprint density at radius 2 is 2.04 bits per heavy atom. The number of nitrogens with one attached hydrogen (secondary N) is 2. The number of halogens is 1. The lowest BCUT2D eigenvalue weighted by molar-refractivity contribution is -0.123. The van der Waals surface area contributed by atoms with E-state index in [0.717, 1.165) is 51.7 Å². The molecule has 0 radical (unpaired) electrons. The van der Waals surface area contributed by atoms with Gasteiger partial charge in [-0.2, -0.15) is 0 Å². The summed E-state index contributed by atoms with van der Waals surface area (Å²) in [5, 5.41) is 6.21. The Balaban J connectivity index is 1.64. The van der Waals surface area contributed by atoms with Crippen molar-refractivity contribution in [1.82, 2.24) is 10.2 Å². The molecule has 0 saturated carbocycles. The summed E-state index contributed by atoms with van der Waals surface area (Å²) in [4.78, 5) is 25.7. The van der Waals surface area contributed by atoms with Crippen LogP contribution >= 0.6 is 11.6 Å². The lowest BCUT2D eigenvalue weighted by Crippen LogP contribution is -2.39. The second-order valence-electron chi connectivity index (χ2n) is 7.10. The highest BCUT2D eigenvalue weighted by atomic mass is 35.5. The first-order chi connectivity index (χ1) is 13.5. The Morgan fingerprint density at radius 1 is 1.29 bits per heavy atom. The van der Waals surface area contributed by atoms with Crippen molar-refractivity contribution >= 4 is 29.2 Å². The van der Waals surface area contributed by atoms with Crippen LogP contribution in [0.25, 0.3) is 0 Å². The summed E-state index contributed by atoms with van der Waals surface area (Å²) in [7, 11) is 0. The van der Waals surface area contributed by atoms with Crippen molar-refractivity contribution in [1.29, 1.82) is 0 Å². The molecule has 1 fully saturated rings. The van der Waals surface area contributed by atoms with E-state index >= 15 is 0 Å². The maximum Gasteiger partial charge on any atom is 0.319 e. The lowest BCUT2D eigenvalue weighted by atomic mass is 9.96. The summed E-state index contributed by atoms with van der Waals surface area (Å²) in [5.41, 5.74) is 5.92. The molecule has 156 valence electrons. The fourth-order valence-corrected chi connectivity index (χ4v) is 3.38. The number of primary amides is 1. The molecule has 1 heterocycles. The maximum absolute atomic E-state index is 12.1. The molecule has 4 N–H and O–H groups in total. The van der Waals surface area contributed by atoms with Gasteiger partial charge in [-0.25, -0.2) is 4.79 Å². The minimum atomic E-state index is -0.272. The van der Waals surface area contributed by atoms with E-state index in [-0.39, 0.29) is 17.9 Å². The molecule has 1 aliphatic heterocycles. The van der Waals surface area contributed by atoms with Crippen LogP contribution in [0.4, 0.5) is 10.5 Å². The lowest BCUT2D eigenvalue weighted by Gasteiger charge is -2.30. The van der Waals surface area contributed by atoms with E-state index in [1.807, 2.05) is 6.92 Å². The molecule has 28 heavy (non-hydrogen) atoms. The van der Waals surface area contributed by atoms with Crippen molar-refractivity contribution in [3.63, 3.8) is 0 Å². The summed E-state index contributed by atoms with van der Waals surface area (Å²) in [5.74, 6) is 0.456. The van der Waals surface area contributed by atoms with Crippen molar-refractivity contribution in [2.45, 2.75) is 39.0 Å². The van der Waals surface area contributed by atoms with Crippen molar-refractivity contribution in [3.8, 4) is 5.75 Å². The van der Waals surface area contributed by atoms with Gasteiger partial charge in [0.25, 0.3) is 0 Å². The number of carbonyl (C=O) groups is 2. The summed E-state index contributed by atoms with van der Waals surface area (Å²) in [6.45, 7) is 5.99. The van der Waals surface area contributed by atoms with Crippen LogP contribution in [0.1, 0.15) is 39.0 Å². The van der Waals surface area contributed by atoms with Crippen LogP contribution in [0.3, 0.4) is 0 Å². The molecule has 2 rings (SSSR count). The summed E-state index contributed by atoms with van der Waals surface area (Å²) >= 11 is 6.02. The first kappa shape index (κ1) is 22.3. The van der Waals surface area contributed by atoms with Gasteiger partial charge in [-0.3, -0.25) is 4.79 Å². The van der Waals surface area contributed by atoms with Crippen LogP contribution in [-0.4, -0.2) is 49.6 Å². The molecule has 0 bridgehead atoms. The van der Waals surface area contributed by atoms with Crippen LogP contribution in [0.2, 0.25) is 5.02 Å². The van der Waals surface area contributed by atoms with Crippen LogP contribution in [-0.2, 0) is 4.79 Å². The zero-order chi connectivity index (χ0) is 20.4. The highest BCUT2D eigenvalue weighted by Gasteiger charge is 2.22. The molecular formula is C20H31ClN4O3. The molecule has 8 heteroatoms.